The van der Waals surface area contributed by atoms with Gasteiger partial charge in [0.05, 0.1) is 17.1 Å². The molecule has 0 aliphatic carbocycles. The van der Waals surface area contributed by atoms with Gasteiger partial charge in [-0.05, 0) is 26.0 Å². The van der Waals surface area contributed by atoms with Crippen LogP contribution in [0.1, 0.15) is 17.0 Å². The van der Waals surface area contributed by atoms with Gasteiger partial charge in [-0.3, -0.25) is 4.98 Å². The summed E-state index contributed by atoms with van der Waals surface area (Å²) < 4.78 is 5.94. The lowest BCUT2D eigenvalue weighted by atomic mass is 10.0. The van der Waals surface area contributed by atoms with E-state index in [-0.39, 0.29) is 6.10 Å². The van der Waals surface area contributed by atoms with Crippen molar-refractivity contribution < 1.29 is 4.74 Å². The number of ether oxygens (including phenoxy) is 1. The Hall–Kier alpha value is -1.65. The molecule has 0 saturated heterocycles. The van der Waals surface area contributed by atoms with Gasteiger partial charge in [-0.1, -0.05) is 11.6 Å². The van der Waals surface area contributed by atoms with Crippen molar-refractivity contribution in [2.24, 2.45) is 5.73 Å². The van der Waals surface area contributed by atoms with Crippen LogP contribution in [0.15, 0.2) is 18.3 Å². The second-order valence-electron chi connectivity index (χ2n) is 5.07. The molecule has 104 valence electrons. The Kier molecular flexibility index (Phi) is 3.36. The lowest BCUT2D eigenvalue weighted by Crippen LogP contribution is -2.24. The summed E-state index contributed by atoms with van der Waals surface area (Å²) in [6, 6.07) is 3.82. The highest BCUT2D eigenvalue weighted by Gasteiger charge is 2.26. The number of nitrogens with zero attached hydrogens (tertiary/aromatic N) is 2. The lowest BCUT2D eigenvalue weighted by Gasteiger charge is -2.12. The number of hydrogen-bond acceptors (Lipinski definition) is 4. The molecule has 20 heavy (non-hydrogen) atoms. The molecule has 1 aliphatic rings. The molecule has 1 aromatic carbocycles. The third-order valence-electron chi connectivity index (χ3n) is 3.46. The van der Waals surface area contributed by atoms with E-state index >= 15 is 0 Å². The van der Waals surface area contributed by atoms with Crippen LogP contribution in [0.5, 0.6) is 5.75 Å². The first-order valence-electron chi connectivity index (χ1n) is 6.58. The molecule has 1 atom stereocenters. The summed E-state index contributed by atoms with van der Waals surface area (Å²) in [6.07, 6.45) is 2.56. The highest BCUT2D eigenvalue weighted by molar-refractivity contribution is 6.31. The van der Waals surface area contributed by atoms with E-state index < -0.39 is 0 Å². The first-order chi connectivity index (χ1) is 9.58. The first-order valence-corrected chi connectivity index (χ1v) is 6.96. The number of fused-ring (bicyclic) bond motifs is 1. The minimum atomic E-state index is 0.0142. The van der Waals surface area contributed by atoms with Crippen LogP contribution in [0, 0.1) is 13.8 Å². The fourth-order valence-electron chi connectivity index (χ4n) is 2.49. The predicted octanol–water partition coefficient (Wildman–Crippen LogP) is 2.68. The zero-order valence-corrected chi connectivity index (χ0v) is 12.2. The zero-order valence-electron chi connectivity index (χ0n) is 11.5. The fourth-order valence-corrected chi connectivity index (χ4v) is 2.74. The van der Waals surface area contributed by atoms with E-state index in [1.165, 1.54) is 0 Å². The van der Waals surface area contributed by atoms with E-state index in [1.54, 1.807) is 6.20 Å². The van der Waals surface area contributed by atoms with E-state index in [9.17, 15) is 0 Å². The predicted molar refractivity (Wildman–Crippen MR) is 79.1 cm³/mol. The number of halogens is 1. The molecule has 0 saturated carbocycles. The molecular weight excluding hydrogens is 274 g/mol. The molecular formula is C15H16ClN3O. The highest BCUT2D eigenvalue weighted by Crippen LogP contribution is 2.40. The van der Waals surface area contributed by atoms with Crippen LogP contribution < -0.4 is 10.5 Å². The maximum Gasteiger partial charge on any atom is 0.132 e. The number of nitrogens with two attached hydrogens (primary N) is 1. The van der Waals surface area contributed by atoms with Crippen LogP contribution in [0.3, 0.4) is 0 Å². The first kappa shape index (κ1) is 13.3. The largest absolute Gasteiger partial charge is 0.488 e. The van der Waals surface area contributed by atoms with Crippen molar-refractivity contribution in [2.45, 2.75) is 26.4 Å². The molecule has 5 heteroatoms. The van der Waals surface area contributed by atoms with E-state index in [1.807, 2.05) is 26.0 Å². The van der Waals surface area contributed by atoms with Crippen molar-refractivity contribution in [3.63, 3.8) is 0 Å². The van der Waals surface area contributed by atoms with E-state index in [2.05, 4.69) is 9.97 Å². The Labute approximate surface area is 123 Å². The third kappa shape index (κ3) is 2.25. The molecule has 1 aromatic heterocycles. The van der Waals surface area contributed by atoms with Crippen LogP contribution in [0.25, 0.3) is 11.3 Å². The third-order valence-corrected chi connectivity index (χ3v) is 3.67. The molecule has 0 unspecified atom stereocenters. The van der Waals surface area contributed by atoms with Gasteiger partial charge in [-0.25, -0.2) is 4.98 Å². The van der Waals surface area contributed by atoms with Gasteiger partial charge in [-0.15, -0.1) is 0 Å². The second-order valence-corrected chi connectivity index (χ2v) is 5.50. The molecule has 1 aliphatic heterocycles. The maximum atomic E-state index is 6.23. The van der Waals surface area contributed by atoms with E-state index in [4.69, 9.17) is 22.1 Å². The van der Waals surface area contributed by atoms with Crippen molar-refractivity contribution in [1.29, 1.82) is 0 Å². The summed E-state index contributed by atoms with van der Waals surface area (Å²) in [7, 11) is 0. The monoisotopic (exact) mass is 289 g/mol. The van der Waals surface area contributed by atoms with Crippen molar-refractivity contribution in [3.05, 3.63) is 40.3 Å². The Balaban J connectivity index is 2.18. The van der Waals surface area contributed by atoms with Gasteiger partial charge in [0.25, 0.3) is 0 Å². The minimum absolute atomic E-state index is 0.0142. The molecule has 0 bridgehead atoms. The van der Waals surface area contributed by atoms with E-state index in [0.29, 0.717) is 11.6 Å². The van der Waals surface area contributed by atoms with Gasteiger partial charge in [0.15, 0.2) is 0 Å². The zero-order chi connectivity index (χ0) is 14.3. The summed E-state index contributed by atoms with van der Waals surface area (Å²) >= 11 is 6.23. The number of rotatable bonds is 2. The molecule has 0 radical (unpaired) electrons. The Morgan fingerprint density at radius 3 is 2.95 bits per heavy atom. The lowest BCUT2D eigenvalue weighted by molar-refractivity contribution is 0.242. The van der Waals surface area contributed by atoms with Crippen molar-refractivity contribution >= 4 is 11.6 Å². The standard InChI is InChI=1S/C15H16ClN3O/c1-8-7-18-9(2)14(19-8)13-5-11(16)3-10-4-12(6-17)20-15(10)13/h3,5,7,12H,4,6,17H2,1-2H3/t12-/m0/s1. The topological polar surface area (TPSA) is 61.0 Å². The molecule has 2 heterocycles. The van der Waals surface area contributed by atoms with E-state index in [0.717, 1.165) is 40.4 Å². The maximum absolute atomic E-state index is 6.23. The van der Waals surface area contributed by atoms with Gasteiger partial charge >= 0.3 is 0 Å². The summed E-state index contributed by atoms with van der Waals surface area (Å²) in [5.74, 6) is 0.841. The van der Waals surface area contributed by atoms with Crippen molar-refractivity contribution in [2.75, 3.05) is 6.54 Å². The second kappa shape index (κ2) is 5.04. The summed E-state index contributed by atoms with van der Waals surface area (Å²) in [4.78, 5) is 8.94. The molecule has 0 amide bonds. The fraction of sp³-hybridized carbons (Fsp3) is 0.333. The molecule has 2 N–H and O–H groups in total. The van der Waals surface area contributed by atoms with Gasteiger partial charge in [0, 0.05) is 35.3 Å². The summed E-state index contributed by atoms with van der Waals surface area (Å²) in [5.41, 5.74) is 10.2. The van der Waals surface area contributed by atoms with Gasteiger partial charge in [0.2, 0.25) is 0 Å². The van der Waals surface area contributed by atoms with Crippen molar-refractivity contribution in [1.82, 2.24) is 9.97 Å². The molecule has 4 nitrogen and oxygen atoms in total. The van der Waals surface area contributed by atoms with Crippen LogP contribution in [0.2, 0.25) is 5.02 Å². The van der Waals surface area contributed by atoms with Crippen LogP contribution >= 0.6 is 11.6 Å². The average Bonchev–Trinajstić information content (AvgIpc) is 2.83. The van der Waals surface area contributed by atoms with Crippen LogP contribution in [0.4, 0.5) is 0 Å². The molecule has 3 rings (SSSR count). The number of benzene rings is 1. The SMILES string of the molecule is Cc1cnc(C)c(-c2cc(Cl)cc3c2O[C@H](CN)C3)n1. The van der Waals surface area contributed by atoms with Crippen LogP contribution in [-0.4, -0.2) is 22.6 Å². The highest BCUT2D eigenvalue weighted by atomic mass is 35.5. The summed E-state index contributed by atoms with van der Waals surface area (Å²) in [5, 5.41) is 0.683. The minimum Gasteiger partial charge on any atom is -0.488 e. The molecule has 0 fully saturated rings. The average molecular weight is 290 g/mol. The smallest absolute Gasteiger partial charge is 0.132 e. The number of hydrogen-bond donors (Lipinski definition) is 1. The molecule has 0 spiro atoms. The Morgan fingerprint density at radius 2 is 2.20 bits per heavy atom. The summed E-state index contributed by atoms with van der Waals surface area (Å²) in [6.45, 7) is 4.35. The van der Waals surface area contributed by atoms with Gasteiger partial charge < -0.3 is 10.5 Å². The van der Waals surface area contributed by atoms with Crippen molar-refractivity contribution in [3.8, 4) is 17.0 Å². The van der Waals surface area contributed by atoms with Gasteiger partial charge in [-0.2, -0.15) is 0 Å². The van der Waals surface area contributed by atoms with Gasteiger partial charge in [0.1, 0.15) is 11.9 Å². The Bertz CT molecular complexity index is 672. The normalized spacial score (nSPS) is 16.9. The number of aryl methyl sites for hydroxylation is 2. The quantitative estimate of drug-likeness (QED) is 0.923. The Morgan fingerprint density at radius 1 is 1.40 bits per heavy atom. The van der Waals surface area contributed by atoms with Crippen LogP contribution in [-0.2, 0) is 6.42 Å². The molecule has 2 aromatic rings. The number of aromatic nitrogens is 2.